The molecule has 94 valence electrons. The number of rotatable bonds is 6. The van der Waals surface area contributed by atoms with E-state index in [0.29, 0.717) is 19.4 Å². The molecule has 0 aromatic heterocycles. The fourth-order valence-corrected chi connectivity index (χ4v) is 1.56. The van der Waals surface area contributed by atoms with Crippen molar-refractivity contribution in [3.05, 3.63) is 35.4 Å². The van der Waals surface area contributed by atoms with Gasteiger partial charge in [0.15, 0.2) is 0 Å². The summed E-state index contributed by atoms with van der Waals surface area (Å²) in [6, 6.07) is 8.09. The second kappa shape index (κ2) is 7.07. The van der Waals surface area contributed by atoms with Crippen molar-refractivity contribution in [2.24, 2.45) is 0 Å². The van der Waals surface area contributed by atoms with E-state index >= 15 is 0 Å². The number of amides is 1. The fourth-order valence-electron chi connectivity index (χ4n) is 1.56. The van der Waals surface area contributed by atoms with Crippen molar-refractivity contribution in [2.75, 3.05) is 6.54 Å². The van der Waals surface area contributed by atoms with Crippen LogP contribution < -0.4 is 5.32 Å². The molecule has 0 fully saturated rings. The summed E-state index contributed by atoms with van der Waals surface area (Å²) >= 11 is 0. The van der Waals surface area contributed by atoms with E-state index in [2.05, 4.69) is 24.4 Å². The first-order chi connectivity index (χ1) is 8.11. The Labute approximate surface area is 103 Å². The van der Waals surface area contributed by atoms with Crippen molar-refractivity contribution in [3.63, 3.8) is 0 Å². The SMILES string of the molecule is CCc1ccc(CC(=O)NCCC(C)O)cc1. The Balaban J connectivity index is 2.34. The fraction of sp³-hybridized carbons (Fsp3) is 0.500. The van der Waals surface area contributed by atoms with Gasteiger partial charge >= 0.3 is 0 Å². The molecule has 0 aliphatic heterocycles. The predicted molar refractivity (Wildman–Crippen MR) is 68.8 cm³/mol. The van der Waals surface area contributed by atoms with Crippen molar-refractivity contribution in [2.45, 2.75) is 39.2 Å². The molecule has 1 amide bonds. The molecule has 0 bridgehead atoms. The third kappa shape index (κ3) is 5.50. The van der Waals surface area contributed by atoms with Gasteiger partial charge in [-0.3, -0.25) is 4.79 Å². The number of carbonyl (C=O) groups excluding carboxylic acids is 1. The summed E-state index contributed by atoms with van der Waals surface area (Å²) in [5, 5.41) is 11.9. The molecule has 0 radical (unpaired) electrons. The lowest BCUT2D eigenvalue weighted by molar-refractivity contribution is -0.120. The number of nitrogens with one attached hydrogen (secondary N) is 1. The summed E-state index contributed by atoms with van der Waals surface area (Å²) in [5.41, 5.74) is 2.31. The monoisotopic (exact) mass is 235 g/mol. The van der Waals surface area contributed by atoms with Gasteiger partial charge in [-0.2, -0.15) is 0 Å². The Bertz CT molecular complexity index is 344. The highest BCUT2D eigenvalue weighted by atomic mass is 16.3. The number of benzene rings is 1. The summed E-state index contributed by atoms with van der Waals surface area (Å²) in [7, 11) is 0. The zero-order chi connectivity index (χ0) is 12.7. The van der Waals surface area contributed by atoms with Crippen molar-refractivity contribution < 1.29 is 9.90 Å². The molecule has 0 saturated carbocycles. The van der Waals surface area contributed by atoms with Gasteiger partial charge < -0.3 is 10.4 Å². The quantitative estimate of drug-likeness (QED) is 0.788. The molecule has 1 atom stereocenters. The third-order valence-corrected chi connectivity index (χ3v) is 2.68. The molecule has 17 heavy (non-hydrogen) atoms. The van der Waals surface area contributed by atoms with Crippen LogP contribution in [0.1, 0.15) is 31.4 Å². The first-order valence-corrected chi connectivity index (χ1v) is 6.14. The predicted octanol–water partition coefficient (Wildman–Crippen LogP) is 1.68. The zero-order valence-corrected chi connectivity index (χ0v) is 10.6. The molecule has 0 aliphatic rings. The molecule has 0 spiro atoms. The number of aliphatic hydroxyl groups excluding tert-OH is 1. The van der Waals surface area contributed by atoms with Crippen LogP contribution in [0.5, 0.6) is 0 Å². The highest BCUT2D eigenvalue weighted by molar-refractivity contribution is 5.78. The molecule has 1 unspecified atom stereocenters. The highest BCUT2D eigenvalue weighted by Crippen LogP contribution is 2.05. The first-order valence-electron chi connectivity index (χ1n) is 6.14. The molecule has 0 heterocycles. The van der Waals surface area contributed by atoms with Crippen LogP contribution in [0.25, 0.3) is 0 Å². The lowest BCUT2D eigenvalue weighted by atomic mass is 10.1. The van der Waals surface area contributed by atoms with Gasteiger partial charge in [-0.25, -0.2) is 0 Å². The van der Waals surface area contributed by atoms with Crippen LogP contribution in [0.4, 0.5) is 0 Å². The van der Waals surface area contributed by atoms with Crippen LogP contribution in [0.15, 0.2) is 24.3 Å². The number of hydrogen-bond acceptors (Lipinski definition) is 2. The summed E-state index contributed by atoms with van der Waals surface area (Å²) < 4.78 is 0. The van der Waals surface area contributed by atoms with E-state index in [1.165, 1.54) is 5.56 Å². The lowest BCUT2D eigenvalue weighted by Gasteiger charge is -2.07. The Morgan fingerprint density at radius 2 is 1.88 bits per heavy atom. The normalized spacial score (nSPS) is 12.2. The van der Waals surface area contributed by atoms with Gasteiger partial charge in [0.05, 0.1) is 12.5 Å². The first kappa shape index (κ1) is 13.7. The molecule has 0 saturated heterocycles. The summed E-state index contributed by atoms with van der Waals surface area (Å²) in [4.78, 5) is 11.6. The number of carbonyl (C=O) groups is 1. The number of hydrogen-bond donors (Lipinski definition) is 2. The molecule has 2 N–H and O–H groups in total. The smallest absolute Gasteiger partial charge is 0.224 e. The summed E-state index contributed by atoms with van der Waals surface area (Å²) in [5.74, 6) is 0.00917. The Hall–Kier alpha value is -1.35. The van der Waals surface area contributed by atoms with Gasteiger partial charge in [-0.15, -0.1) is 0 Å². The molecule has 1 rings (SSSR count). The van der Waals surface area contributed by atoms with Crippen molar-refractivity contribution in [3.8, 4) is 0 Å². The zero-order valence-electron chi connectivity index (χ0n) is 10.6. The van der Waals surface area contributed by atoms with Gasteiger partial charge in [0.1, 0.15) is 0 Å². The van der Waals surface area contributed by atoms with Crippen LogP contribution in [0.3, 0.4) is 0 Å². The van der Waals surface area contributed by atoms with Gasteiger partial charge in [-0.05, 0) is 30.9 Å². The Morgan fingerprint density at radius 3 is 2.41 bits per heavy atom. The topological polar surface area (TPSA) is 49.3 Å². The number of aliphatic hydroxyl groups is 1. The Kier molecular flexibility index (Phi) is 5.70. The molecular formula is C14H21NO2. The molecule has 3 heteroatoms. The van der Waals surface area contributed by atoms with E-state index in [9.17, 15) is 4.79 Å². The molecular weight excluding hydrogens is 214 g/mol. The summed E-state index contributed by atoms with van der Waals surface area (Å²) in [6.45, 7) is 4.36. The van der Waals surface area contributed by atoms with Crippen LogP contribution >= 0.6 is 0 Å². The molecule has 0 aliphatic carbocycles. The summed E-state index contributed by atoms with van der Waals surface area (Å²) in [6.07, 6.45) is 1.66. The maximum Gasteiger partial charge on any atom is 0.224 e. The maximum absolute atomic E-state index is 11.6. The average Bonchev–Trinajstić information content (AvgIpc) is 2.29. The van der Waals surface area contributed by atoms with Crippen LogP contribution in [-0.4, -0.2) is 23.7 Å². The average molecular weight is 235 g/mol. The van der Waals surface area contributed by atoms with Crippen molar-refractivity contribution >= 4 is 5.91 Å². The van der Waals surface area contributed by atoms with E-state index in [-0.39, 0.29) is 12.0 Å². The number of aryl methyl sites for hydroxylation is 1. The van der Waals surface area contributed by atoms with E-state index in [1.54, 1.807) is 6.92 Å². The van der Waals surface area contributed by atoms with Gasteiger partial charge in [0.25, 0.3) is 0 Å². The lowest BCUT2D eigenvalue weighted by Crippen LogP contribution is -2.27. The minimum absolute atomic E-state index is 0.00917. The largest absolute Gasteiger partial charge is 0.393 e. The van der Waals surface area contributed by atoms with Gasteiger partial charge in [0.2, 0.25) is 5.91 Å². The van der Waals surface area contributed by atoms with Gasteiger partial charge in [-0.1, -0.05) is 31.2 Å². The Morgan fingerprint density at radius 1 is 1.29 bits per heavy atom. The van der Waals surface area contributed by atoms with E-state index in [1.807, 2.05) is 12.1 Å². The second-order valence-electron chi connectivity index (χ2n) is 4.33. The van der Waals surface area contributed by atoms with Crippen molar-refractivity contribution in [1.29, 1.82) is 0 Å². The second-order valence-corrected chi connectivity index (χ2v) is 4.33. The van der Waals surface area contributed by atoms with E-state index < -0.39 is 0 Å². The van der Waals surface area contributed by atoms with E-state index in [4.69, 9.17) is 5.11 Å². The van der Waals surface area contributed by atoms with Crippen LogP contribution in [-0.2, 0) is 17.6 Å². The molecule has 1 aromatic rings. The molecule has 1 aromatic carbocycles. The maximum atomic E-state index is 11.6. The van der Waals surface area contributed by atoms with Crippen molar-refractivity contribution in [1.82, 2.24) is 5.32 Å². The minimum atomic E-state index is -0.362. The van der Waals surface area contributed by atoms with Crippen LogP contribution in [0.2, 0.25) is 0 Å². The minimum Gasteiger partial charge on any atom is -0.393 e. The third-order valence-electron chi connectivity index (χ3n) is 2.68. The highest BCUT2D eigenvalue weighted by Gasteiger charge is 2.03. The van der Waals surface area contributed by atoms with Crippen LogP contribution in [0, 0.1) is 0 Å². The van der Waals surface area contributed by atoms with Gasteiger partial charge in [0, 0.05) is 6.54 Å². The standard InChI is InChI=1S/C14H21NO2/c1-3-12-4-6-13(7-5-12)10-14(17)15-9-8-11(2)16/h4-7,11,16H,3,8-10H2,1-2H3,(H,15,17). The van der Waals surface area contributed by atoms with E-state index in [0.717, 1.165) is 12.0 Å². The molecule has 3 nitrogen and oxygen atoms in total.